The molecule has 0 unspecified atom stereocenters. The Kier molecular flexibility index (Phi) is 3.47. The smallest absolute Gasteiger partial charge is 0.337 e. The Morgan fingerprint density at radius 3 is 2.68 bits per heavy atom. The van der Waals surface area contributed by atoms with Gasteiger partial charge in [0.25, 0.3) is 0 Å². The van der Waals surface area contributed by atoms with Crippen molar-refractivity contribution in [1.29, 1.82) is 0 Å². The van der Waals surface area contributed by atoms with Crippen LogP contribution in [-0.4, -0.2) is 16.1 Å². The van der Waals surface area contributed by atoms with E-state index >= 15 is 0 Å². The highest BCUT2D eigenvalue weighted by Crippen LogP contribution is 2.29. The van der Waals surface area contributed by atoms with E-state index in [0.717, 1.165) is 0 Å². The average Bonchev–Trinajstić information content (AvgIpc) is 2.49. The van der Waals surface area contributed by atoms with Gasteiger partial charge in [-0.1, -0.05) is 24.3 Å². The topological polar surface area (TPSA) is 62.2 Å². The molecule has 0 radical (unpaired) electrons. The summed E-state index contributed by atoms with van der Waals surface area (Å²) >= 11 is 0. The second kappa shape index (κ2) is 5.44. The Morgan fingerprint density at radius 1 is 1.14 bits per heavy atom. The lowest BCUT2D eigenvalue weighted by Crippen LogP contribution is -2.03. The second-order valence-corrected chi connectivity index (χ2v) is 4.92. The van der Waals surface area contributed by atoms with Crippen molar-refractivity contribution < 1.29 is 14.3 Å². The quantitative estimate of drug-likeness (QED) is 0.763. The third kappa shape index (κ3) is 2.48. The summed E-state index contributed by atoms with van der Waals surface area (Å²) in [5, 5.41) is 12.9. The molecule has 0 aliphatic carbocycles. The third-order valence-corrected chi connectivity index (χ3v) is 3.35. The van der Waals surface area contributed by atoms with Gasteiger partial charge in [-0.05, 0) is 31.2 Å². The van der Waals surface area contributed by atoms with Gasteiger partial charge >= 0.3 is 5.97 Å². The standard InChI is InChI=1S/C17H13FN2O2/c1-10-9-15(11-6-4-7-13(18)16(11)19-10)20-14-8-3-2-5-12(14)17(21)22/h2-9H,1H3,(H,19,20)(H,21,22). The van der Waals surface area contributed by atoms with Crippen LogP contribution in [0, 0.1) is 12.7 Å². The fourth-order valence-electron chi connectivity index (χ4n) is 2.37. The van der Waals surface area contributed by atoms with Crippen molar-refractivity contribution in [2.24, 2.45) is 0 Å². The number of aromatic carboxylic acids is 1. The predicted molar refractivity (Wildman–Crippen MR) is 83.1 cm³/mol. The van der Waals surface area contributed by atoms with Gasteiger partial charge in [-0.15, -0.1) is 0 Å². The molecule has 3 rings (SSSR count). The summed E-state index contributed by atoms with van der Waals surface area (Å²) in [5.41, 5.74) is 2.13. The first-order chi connectivity index (χ1) is 10.6. The molecule has 3 aromatic rings. The van der Waals surface area contributed by atoms with Gasteiger partial charge in [-0.2, -0.15) is 0 Å². The maximum Gasteiger partial charge on any atom is 0.337 e. The third-order valence-electron chi connectivity index (χ3n) is 3.35. The first kappa shape index (κ1) is 14.0. The van der Waals surface area contributed by atoms with E-state index in [1.165, 1.54) is 12.1 Å². The van der Waals surface area contributed by atoms with Crippen LogP contribution in [0.15, 0.2) is 48.5 Å². The maximum absolute atomic E-state index is 13.9. The van der Waals surface area contributed by atoms with Crippen molar-refractivity contribution in [3.8, 4) is 0 Å². The molecule has 0 atom stereocenters. The SMILES string of the molecule is Cc1cc(Nc2ccccc2C(=O)O)c2cccc(F)c2n1. The number of benzene rings is 2. The van der Waals surface area contributed by atoms with Gasteiger partial charge in [-0.3, -0.25) is 0 Å². The first-order valence-corrected chi connectivity index (χ1v) is 6.71. The van der Waals surface area contributed by atoms with Crippen LogP contribution in [0.5, 0.6) is 0 Å². The highest BCUT2D eigenvalue weighted by Gasteiger charge is 2.12. The number of para-hydroxylation sites is 2. The summed E-state index contributed by atoms with van der Waals surface area (Å²) in [7, 11) is 0. The lowest BCUT2D eigenvalue weighted by atomic mass is 10.1. The Hall–Kier alpha value is -2.95. The molecule has 110 valence electrons. The number of carboxylic acids is 1. The number of pyridine rings is 1. The van der Waals surface area contributed by atoms with Crippen molar-refractivity contribution >= 4 is 28.2 Å². The number of rotatable bonds is 3. The molecule has 1 aromatic heterocycles. The maximum atomic E-state index is 13.9. The Balaban J connectivity index is 2.16. The zero-order valence-corrected chi connectivity index (χ0v) is 11.8. The monoisotopic (exact) mass is 296 g/mol. The molecule has 22 heavy (non-hydrogen) atoms. The second-order valence-electron chi connectivity index (χ2n) is 4.92. The van der Waals surface area contributed by atoms with Gasteiger partial charge in [0.1, 0.15) is 11.3 Å². The lowest BCUT2D eigenvalue weighted by Gasteiger charge is -2.13. The number of nitrogens with zero attached hydrogens (tertiary/aromatic N) is 1. The van der Waals surface area contributed by atoms with E-state index in [1.54, 1.807) is 43.3 Å². The number of hydrogen-bond donors (Lipinski definition) is 2. The Bertz CT molecular complexity index is 878. The van der Waals surface area contributed by atoms with E-state index in [2.05, 4.69) is 10.3 Å². The average molecular weight is 296 g/mol. The highest BCUT2D eigenvalue weighted by atomic mass is 19.1. The molecule has 0 saturated carbocycles. The largest absolute Gasteiger partial charge is 0.478 e. The molecule has 0 saturated heterocycles. The molecule has 0 aliphatic heterocycles. The molecule has 1 heterocycles. The van der Waals surface area contributed by atoms with Crippen LogP contribution in [0.2, 0.25) is 0 Å². The molecule has 0 amide bonds. The van der Waals surface area contributed by atoms with Crippen LogP contribution < -0.4 is 5.32 Å². The van der Waals surface area contributed by atoms with Gasteiger partial charge in [-0.25, -0.2) is 14.2 Å². The minimum atomic E-state index is -1.02. The van der Waals surface area contributed by atoms with Crippen LogP contribution in [0.25, 0.3) is 10.9 Å². The number of carboxylic acid groups (broad SMARTS) is 1. The number of aryl methyl sites for hydroxylation is 1. The molecule has 0 aliphatic rings. The normalized spacial score (nSPS) is 10.6. The van der Waals surface area contributed by atoms with Gasteiger partial charge in [0.15, 0.2) is 0 Å². The predicted octanol–water partition coefficient (Wildman–Crippen LogP) is 4.12. The van der Waals surface area contributed by atoms with Crippen molar-refractivity contribution in [3.05, 3.63) is 65.6 Å². The zero-order chi connectivity index (χ0) is 15.7. The van der Waals surface area contributed by atoms with E-state index < -0.39 is 11.8 Å². The Morgan fingerprint density at radius 2 is 1.91 bits per heavy atom. The van der Waals surface area contributed by atoms with E-state index in [9.17, 15) is 14.3 Å². The summed E-state index contributed by atoms with van der Waals surface area (Å²) in [6.07, 6.45) is 0. The number of fused-ring (bicyclic) bond motifs is 1. The molecular formula is C17H13FN2O2. The summed E-state index contributed by atoms with van der Waals surface area (Å²) < 4.78 is 13.9. The number of carbonyl (C=O) groups is 1. The van der Waals surface area contributed by atoms with Gasteiger partial charge in [0.2, 0.25) is 0 Å². The molecule has 2 N–H and O–H groups in total. The van der Waals surface area contributed by atoms with E-state index in [0.29, 0.717) is 22.5 Å². The molecule has 5 heteroatoms. The molecule has 0 spiro atoms. The van der Waals surface area contributed by atoms with E-state index in [4.69, 9.17) is 0 Å². The summed E-state index contributed by atoms with van der Waals surface area (Å²) in [6.45, 7) is 1.76. The van der Waals surface area contributed by atoms with Gasteiger partial charge < -0.3 is 10.4 Å². The number of nitrogens with one attached hydrogen (secondary N) is 1. The van der Waals surface area contributed by atoms with Gasteiger partial charge in [0.05, 0.1) is 11.3 Å². The highest BCUT2D eigenvalue weighted by molar-refractivity contribution is 5.98. The number of anilines is 2. The van der Waals surface area contributed by atoms with E-state index in [1.807, 2.05) is 0 Å². The summed E-state index contributed by atoms with van der Waals surface area (Å²) in [5.74, 6) is -1.43. The fourth-order valence-corrected chi connectivity index (χ4v) is 2.37. The number of aromatic nitrogens is 1. The number of hydrogen-bond acceptors (Lipinski definition) is 3. The minimum Gasteiger partial charge on any atom is -0.478 e. The zero-order valence-electron chi connectivity index (χ0n) is 11.8. The summed E-state index contributed by atoms with van der Waals surface area (Å²) in [4.78, 5) is 15.5. The van der Waals surface area contributed by atoms with Crippen LogP contribution in [0.4, 0.5) is 15.8 Å². The number of halogens is 1. The minimum absolute atomic E-state index is 0.154. The summed E-state index contributed by atoms with van der Waals surface area (Å²) in [6, 6.07) is 13.0. The molecule has 0 fully saturated rings. The van der Waals surface area contributed by atoms with Crippen molar-refractivity contribution in [2.45, 2.75) is 6.92 Å². The fraction of sp³-hybridized carbons (Fsp3) is 0.0588. The molecular weight excluding hydrogens is 283 g/mol. The van der Waals surface area contributed by atoms with Crippen LogP contribution in [0.1, 0.15) is 16.1 Å². The molecule has 0 bridgehead atoms. The van der Waals surface area contributed by atoms with Crippen LogP contribution in [-0.2, 0) is 0 Å². The molecule has 2 aromatic carbocycles. The van der Waals surface area contributed by atoms with Crippen LogP contribution in [0.3, 0.4) is 0 Å². The van der Waals surface area contributed by atoms with Crippen molar-refractivity contribution in [2.75, 3.05) is 5.32 Å². The van der Waals surface area contributed by atoms with Crippen molar-refractivity contribution in [1.82, 2.24) is 4.98 Å². The molecule has 4 nitrogen and oxygen atoms in total. The van der Waals surface area contributed by atoms with E-state index in [-0.39, 0.29) is 11.1 Å². The van der Waals surface area contributed by atoms with Gasteiger partial charge in [0, 0.05) is 16.8 Å². The first-order valence-electron chi connectivity index (χ1n) is 6.71. The van der Waals surface area contributed by atoms with Crippen LogP contribution >= 0.6 is 0 Å². The van der Waals surface area contributed by atoms with Crippen molar-refractivity contribution in [3.63, 3.8) is 0 Å². The Labute approximate surface area is 126 Å². The lowest BCUT2D eigenvalue weighted by molar-refractivity contribution is 0.0698.